The molecule has 2 aromatic rings. The second-order valence-electron chi connectivity index (χ2n) is 7.58. The molecule has 1 aromatic carbocycles. The summed E-state index contributed by atoms with van der Waals surface area (Å²) in [5.74, 6) is 1.57. The van der Waals surface area contributed by atoms with E-state index < -0.39 is 0 Å². The zero-order chi connectivity index (χ0) is 18.8. The highest BCUT2D eigenvalue weighted by atomic mass is 16.5. The molecule has 1 N–H and O–H groups in total. The minimum absolute atomic E-state index is 0.0789. The number of methoxy groups -OCH3 is 1. The summed E-state index contributed by atoms with van der Waals surface area (Å²) in [6.07, 6.45) is 3.76. The van der Waals surface area contributed by atoms with Gasteiger partial charge in [0, 0.05) is 31.6 Å². The van der Waals surface area contributed by atoms with E-state index in [0.717, 1.165) is 42.5 Å². The topological polar surface area (TPSA) is 76.6 Å². The fourth-order valence-electron chi connectivity index (χ4n) is 4.33. The number of morpholine rings is 1. The molecular formula is C20H27N3O4. The smallest absolute Gasteiger partial charge is 0.326 e. The molecule has 1 saturated heterocycles. The maximum Gasteiger partial charge on any atom is 0.326 e. The number of rotatable bonds is 4. The number of H-pyrrole nitrogens is 1. The Morgan fingerprint density at radius 3 is 2.67 bits per heavy atom. The number of hydrogen-bond donors (Lipinski definition) is 1. The zero-order valence-corrected chi connectivity index (χ0v) is 15.8. The van der Waals surface area contributed by atoms with Gasteiger partial charge in [-0.25, -0.2) is 4.79 Å². The lowest BCUT2D eigenvalue weighted by Crippen LogP contribution is -2.44. The largest absolute Gasteiger partial charge is 0.497 e. The lowest BCUT2D eigenvalue weighted by Gasteiger charge is -2.34. The first-order chi connectivity index (χ1) is 13.2. The van der Waals surface area contributed by atoms with E-state index in [2.05, 4.69) is 4.98 Å². The van der Waals surface area contributed by atoms with Crippen LogP contribution in [0.2, 0.25) is 0 Å². The van der Waals surface area contributed by atoms with Crippen LogP contribution in [0.15, 0.2) is 23.0 Å². The molecule has 0 bridgehead atoms. The van der Waals surface area contributed by atoms with Crippen molar-refractivity contribution in [3.05, 3.63) is 28.7 Å². The van der Waals surface area contributed by atoms with Gasteiger partial charge in [-0.15, -0.1) is 0 Å². The molecule has 0 unspecified atom stereocenters. The summed E-state index contributed by atoms with van der Waals surface area (Å²) in [6, 6.07) is 5.63. The number of nitrogens with zero attached hydrogens (tertiary/aromatic N) is 2. The summed E-state index contributed by atoms with van der Waals surface area (Å²) >= 11 is 0. The van der Waals surface area contributed by atoms with Gasteiger partial charge in [-0.2, -0.15) is 0 Å². The Kier molecular flexibility index (Phi) is 5.20. The standard InChI is InChI=1S/C20H27N3O4/c1-26-16-6-7-17-18(12-16)23(20(25)21-17)13-14-2-4-15(5-3-14)19(24)22-8-10-27-11-9-22/h6-7,12,14-15H,2-5,8-11,13H2,1H3,(H,21,25). The molecule has 27 heavy (non-hydrogen) atoms. The summed E-state index contributed by atoms with van der Waals surface area (Å²) in [5.41, 5.74) is 1.63. The van der Waals surface area contributed by atoms with Gasteiger partial charge in [-0.05, 0) is 43.7 Å². The second kappa shape index (κ2) is 7.76. The average molecular weight is 373 g/mol. The Bertz CT molecular complexity index is 858. The van der Waals surface area contributed by atoms with Gasteiger partial charge in [0.1, 0.15) is 5.75 Å². The molecule has 2 aliphatic rings. The highest BCUT2D eigenvalue weighted by Gasteiger charge is 2.30. The molecule has 1 saturated carbocycles. The first-order valence-electron chi connectivity index (χ1n) is 9.79. The second-order valence-corrected chi connectivity index (χ2v) is 7.58. The Balaban J connectivity index is 1.41. The number of aromatic nitrogens is 2. The van der Waals surface area contributed by atoms with E-state index in [9.17, 15) is 9.59 Å². The maximum atomic E-state index is 12.7. The van der Waals surface area contributed by atoms with E-state index >= 15 is 0 Å². The molecular weight excluding hydrogens is 346 g/mol. The third-order valence-electron chi connectivity index (χ3n) is 5.94. The van der Waals surface area contributed by atoms with Crippen molar-refractivity contribution >= 4 is 16.9 Å². The number of benzene rings is 1. The van der Waals surface area contributed by atoms with Crippen LogP contribution in [0.1, 0.15) is 25.7 Å². The van der Waals surface area contributed by atoms with Crippen molar-refractivity contribution in [2.75, 3.05) is 33.4 Å². The van der Waals surface area contributed by atoms with Gasteiger partial charge < -0.3 is 19.4 Å². The fraction of sp³-hybridized carbons (Fsp3) is 0.600. The highest BCUT2D eigenvalue weighted by molar-refractivity contribution is 5.79. The number of hydrogen-bond acceptors (Lipinski definition) is 4. The molecule has 2 heterocycles. The van der Waals surface area contributed by atoms with Gasteiger partial charge in [-0.1, -0.05) is 0 Å². The van der Waals surface area contributed by atoms with E-state index in [-0.39, 0.29) is 17.5 Å². The van der Waals surface area contributed by atoms with E-state index in [0.29, 0.717) is 38.8 Å². The summed E-state index contributed by atoms with van der Waals surface area (Å²) in [4.78, 5) is 29.9. The molecule has 0 spiro atoms. The third kappa shape index (κ3) is 3.74. The summed E-state index contributed by atoms with van der Waals surface area (Å²) in [7, 11) is 1.63. The van der Waals surface area contributed by atoms with Crippen molar-refractivity contribution in [2.45, 2.75) is 32.2 Å². The Morgan fingerprint density at radius 2 is 1.96 bits per heavy atom. The molecule has 1 amide bonds. The zero-order valence-electron chi connectivity index (χ0n) is 15.8. The number of carbonyl (C=O) groups excluding carboxylic acids is 1. The van der Waals surface area contributed by atoms with E-state index in [1.54, 1.807) is 7.11 Å². The quantitative estimate of drug-likeness (QED) is 0.889. The van der Waals surface area contributed by atoms with Crippen molar-refractivity contribution in [3.63, 3.8) is 0 Å². The van der Waals surface area contributed by atoms with Crippen molar-refractivity contribution in [1.82, 2.24) is 14.5 Å². The lowest BCUT2D eigenvalue weighted by atomic mass is 9.81. The predicted molar refractivity (Wildman–Crippen MR) is 102 cm³/mol. The molecule has 0 atom stereocenters. The van der Waals surface area contributed by atoms with Crippen LogP contribution in [0, 0.1) is 11.8 Å². The maximum absolute atomic E-state index is 12.7. The number of imidazole rings is 1. The Hall–Kier alpha value is -2.28. The van der Waals surface area contributed by atoms with Crippen LogP contribution in [0.5, 0.6) is 5.75 Å². The van der Waals surface area contributed by atoms with Crippen LogP contribution < -0.4 is 10.4 Å². The van der Waals surface area contributed by atoms with Crippen LogP contribution in [0.3, 0.4) is 0 Å². The predicted octanol–water partition coefficient (Wildman–Crippen LogP) is 2.00. The molecule has 7 heteroatoms. The van der Waals surface area contributed by atoms with Gasteiger partial charge in [0.05, 0.1) is 31.4 Å². The Labute approximate surface area is 158 Å². The molecule has 1 aromatic heterocycles. The molecule has 7 nitrogen and oxygen atoms in total. The minimum Gasteiger partial charge on any atom is -0.497 e. The van der Waals surface area contributed by atoms with Gasteiger partial charge >= 0.3 is 5.69 Å². The number of amides is 1. The molecule has 2 fully saturated rings. The van der Waals surface area contributed by atoms with Gasteiger partial charge in [0.15, 0.2) is 0 Å². The van der Waals surface area contributed by atoms with Gasteiger partial charge in [0.25, 0.3) is 0 Å². The first-order valence-corrected chi connectivity index (χ1v) is 9.79. The van der Waals surface area contributed by atoms with Crippen molar-refractivity contribution < 1.29 is 14.3 Å². The number of carbonyl (C=O) groups is 1. The molecule has 146 valence electrons. The number of fused-ring (bicyclic) bond motifs is 1. The third-order valence-corrected chi connectivity index (χ3v) is 5.94. The summed E-state index contributed by atoms with van der Waals surface area (Å²) in [6.45, 7) is 3.41. The van der Waals surface area contributed by atoms with E-state index in [4.69, 9.17) is 9.47 Å². The SMILES string of the molecule is COc1ccc2[nH]c(=O)n(CC3CCC(C(=O)N4CCOCC4)CC3)c2c1. The van der Waals surface area contributed by atoms with Gasteiger partial charge in [0.2, 0.25) is 5.91 Å². The summed E-state index contributed by atoms with van der Waals surface area (Å²) in [5, 5.41) is 0. The monoisotopic (exact) mass is 373 g/mol. The van der Waals surface area contributed by atoms with E-state index in [1.807, 2.05) is 27.7 Å². The van der Waals surface area contributed by atoms with Crippen molar-refractivity contribution in [3.8, 4) is 5.75 Å². The number of ether oxygens (including phenoxy) is 2. The minimum atomic E-state index is -0.0789. The van der Waals surface area contributed by atoms with Gasteiger partial charge in [-0.3, -0.25) is 9.36 Å². The van der Waals surface area contributed by atoms with Crippen LogP contribution in [0.4, 0.5) is 0 Å². The van der Waals surface area contributed by atoms with Crippen LogP contribution >= 0.6 is 0 Å². The molecule has 4 rings (SSSR count). The normalized spacial score (nSPS) is 23.5. The number of nitrogens with one attached hydrogen (secondary N) is 1. The van der Waals surface area contributed by atoms with Crippen molar-refractivity contribution in [2.24, 2.45) is 11.8 Å². The van der Waals surface area contributed by atoms with Crippen molar-refractivity contribution in [1.29, 1.82) is 0 Å². The molecule has 1 aliphatic carbocycles. The van der Waals surface area contributed by atoms with Crippen LogP contribution in [0.25, 0.3) is 11.0 Å². The fourth-order valence-corrected chi connectivity index (χ4v) is 4.33. The first kappa shape index (κ1) is 18.1. The lowest BCUT2D eigenvalue weighted by molar-refractivity contribution is -0.141. The average Bonchev–Trinajstić information content (AvgIpc) is 3.03. The van der Waals surface area contributed by atoms with Crippen LogP contribution in [-0.4, -0.2) is 53.8 Å². The number of aromatic amines is 1. The van der Waals surface area contributed by atoms with Crippen LogP contribution in [-0.2, 0) is 16.1 Å². The van der Waals surface area contributed by atoms with E-state index in [1.165, 1.54) is 0 Å². The highest BCUT2D eigenvalue weighted by Crippen LogP contribution is 2.32. The summed E-state index contributed by atoms with van der Waals surface area (Å²) < 4.78 is 12.4. The molecule has 0 radical (unpaired) electrons. The molecule has 1 aliphatic heterocycles. The Morgan fingerprint density at radius 1 is 1.22 bits per heavy atom.